The van der Waals surface area contributed by atoms with Crippen molar-refractivity contribution in [1.82, 2.24) is 5.32 Å². The van der Waals surface area contributed by atoms with E-state index in [1.165, 1.54) is 0 Å². The van der Waals surface area contributed by atoms with Crippen LogP contribution in [0.1, 0.15) is 32.3 Å². The van der Waals surface area contributed by atoms with Crippen LogP contribution in [0.3, 0.4) is 0 Å². The van der Waals surface area contributed by atoms with Gasteiger partial charge in [0.1, 0.15) is 0 Å². The Morgan fingerprint density at radius 1 is 1.29 bits per heavy atom. The minimum Gasteiger partial charge on any atom is -0.475 e. The molecule has 0 aliphatic rings. The molecule has 0 heterocycles. The summed E-state index contributed by atoms with van der Waals surface area (Å²) in [4.78, 5) is 8.90. The lowest BCUT2D eigenvalue weighted by Crippen LogP contribution is -2.44. The van der Waals surface area contributed by atoms with Crippen molar-refractivity contribution in [3.8, 4) is 6.07 Å². The summed E-state index contributed by atoms with van der Waals surface area (Å²) in [7, 11) is 0. The van der Waals surface area contributed by atoms with Gasteiger partial charge < -0.3 is 21.3 Å². The summed E-state index contributed by atoms with van der Waals surface area (Å²) in [6.45, 7) is 5.48. The quantitative estimate of drug-likeness (QED) is 0.503. The Bertz CT molecular complexity index is 616. The Balaban J connectivity index is 0.000000887. The Labute approximate surface area is 163 Å². The van der Waals surface area contributed by atoms with Gasteiger partial charge in [-0.15, -0.1) is 0 Å². The Hall–Kier alpha value is -2.15. The van der Waals surface area contributed by atoms with E-state index in [1.54, 1.807) is 0 Å². The summed E-state index contributed by atoms with van der Waals surface area (Å²) in [5, 5.41) is 29.1. The predicted molar refractivity (Wildman–Crippen MR) is 99.3 cm³/mol. The second-order valence-electron chi connectivity index (χ2n) is 7.18. The minimum atomic E-state index is -5.08. The molecule has 0 saturated heterocycles. The summed E-state index contributed by atoms with van der Waals surface area (Å²) in [6.07, 6.45) is -3.58. The molecule has 9 heteroatoms. The molecule has 0 amide bonds. The van der Waals surface area contributed by atoms with E-state index in [-0.39, 0.29) is 11.5 Å². The molecule has 1 aromatic rings. The van der Waals surface area contributed by atoms with Crippen molar-refractivity contribution in [2.75, 3.05) is 13.1 Å². The number of hydrogen-bond donors (Lipinski definition) is 4. The molecule has 6 nitrogen and oxygen atoms in total. The number of alkyl halides is 3. The zero-order valence-corrected chi connectivity index (χ0v) is 16.0. The zero-order valence-electron chi connectivity index (χ0n) is 16.0. The number of rotatable bonds is 9. The number of nitrogens with zero attached hydrogens (tertiary/aromatic N) is 1. The molecule has 0 bridgehead atoms. The third-order valence-electron chi connectivity index (χ3n) is 3.92. The largest absolute Gasteiger partial charge is 0.490 e. The second kappa shape index (κ2) is 12.3. The number of halogens is 3. The van der Waals surface area contributed by atoms with Crippen LogP contribution in [-0.4, -0.2) is 47.6 Å². The van der Waals surface area contributed by atoms with Crippen LogP contribution in [0, 0.1) is 16.7 Å². The number of aliphatic carboxylic acids is 1. The fourth-order valence-corrected chi connectivity index (χ4v) is 2.21. The molecule has 0 unspecified atom stereocenters. The van der Waals surface area contributed by atoms with Crippen molar-refractivity contribution in [3.63, 3.8) is 0 Å². The number of nitrogens with one attached hydrogen (secondary N) is 1. The van der Waals surface area contributed by atoms with Gasteiger partial charge in [-0.2, -0.15) is 18.4 Å². The second-order valence-corrected chi connectivity index (χ2v) is 7.18. The lowest BCUT2D eigenvalue weighted by molar-refractivity contribution is -0.192. The number of carboxylic acid groups (broad SMARTS) is 1. The van der Waals surface area contributed by atoms with Gasteiger partial charge in [0.25, 0.3) is 0 Å². The van der Waals surface area contributed by atoms with E-state index in [1.807, 2.05) is 30.3 Å². The van der Waals surface area contributed by atoms with Crippen molar-refractivity contribution >= 4 is 5.97 Å². The van der Waals surface area contributed by atoms with Crippen molar-refractivity contribution < 1.29 is 28.2 Å². The van der Waals surface area contributed by atoms with Gasteiger partial charge in [-0.3, -0.25) is 0 Å². The molecule has 0 spiro atoms. The Morgan fingerprint density at radius 3 is 2.29 bits per heavy atom. The van der Waals surface area contributed by atoms with E-state index in [9.17, 15) is 18.3 Å². The highest BCUT2D eigenvalue weighted by Gasteiger charge is 2.38. The summed E-state index contributed by atoms with van der Waals surface area (Å²) in [5.41, 5.74) is 7.24. The van der Waals surface area contributed by atoms with E-state index in [0.717, 1.165) is 18.5 Å². The van der Waals surface area contributed by atoms with Crippen LogP contribution in [-0.2, 0) is 11.2 Å². The van der Waals surface area contributed by atoms with Crippen molar-refractivity contribution in [1.29, 1.82) is 5.26 Å². The van der Waals surface area contributed by atoms with Crippen molar-refractivity contribution in [2.24, 2.45) is 11.1 Å². The molecule has 28 heavy (non-hydrogen) atoms. The molecule has 1 rings (SSSR count). The lowest BCUT2D eigenvalue weighted by Gasteiger charge is -2.26. The average Bonchev–Trinajstić information content (AvgIpc) is 2.60. The maximum absolute atomic E-state index is 10.6. The van der Waals surface area contributed by atoms with Crippen LogP contribution < -0.4 is 11.1 Å². The molecule has 5 N–H and O–H groups in total. The predicted octanol–water partition coefficient (Wildman–Crippen LogP) is 2.47. The first kappa shape index (κ1) is 25.9. The van der Waals surface area contributed by atoms with Gasteiger partial charge in [0.2, 0.25) is 0 Å². The van der Waals surface area contributed by atoms with E-state index in [2.05, 4.69) is 25.2 Å². The van der Waals surface area contributed by atoms with Gasteiger partial charge in [-0.05, 0) is 23.8 Å². The molecule has 0 saturated carbocycles. The number of aliphatic hydroxyl groups excluding tert-OH is 1. The van der Waals surface area contributed by atoms with Crippen LogP contribution in [0.5, 0.6) is 0 Å². The van der Waals surface area contributed by atoms with Gasteiger partial charge in [-0.25, -0.2) is 4.79 Å². The summed E-state index contributed by atoms with van der Waals surface area (Å²) >= 11 is 0. The van der Waals surface area contributed by atoms with E-state index < -0.39 is 18.2 Å². The van der Waals surface area contributed by atoms with E-state index in [0.29, 0.717) is 19.4 Å². The Kier molecular flexibility index (Phi) is 11.4. The summed E-state index contributed by atoms with van der Waals surface area (Å²) in [6, 6.07) is 11.9. The molecule has 2 atom stereocenters. The zero-order chi connectivity index (χ0) is 21.8. The summed E-state index contributed by atoms with van der Waals surface area (Å²) < 4.78 is 31.7. The molecular formula is C19H28F3N3O3. The number of aliphatic hydroxyl groups is 1. The van der Waals surface area contributed by atoms with Gasteiger partial charge in [0.15, 0.2) is 0 Å². The van der Waals surface area contributed by atoms with E-state index in [4.69, 9.17) is 20.9 Å². The monoisotopic (exact) mass is 403 g/mol. The van der Waals surface area contributed by atoms with Gasteiger partial charge in [-0.1, -0.05) is 44.2 Å². The molecule has 0 aliphatic carbocycles. The number of carbonyl (C=O) groups is 1. The first-order valence-electron chi connectivity index (χ1n) is 8.74. The average molecular weight is 403 g/mol. The third kappa shape index (κ3) is 12.3. The van der Waals surface area contributed by atoms with Gasteiger partial charge in [0, 0.05) is 25.6 Å². The minimum absolute atomic E-state index is 0.0545. The molecule has 0 aromatic heterocycles. The SMILES string of the molecule is CC(C)(CCC#N)CNC[C@@H](O)[C@@H](N)Cc1ccccc1.O=C(O)C(F)(F)F. The highest BCUT2D eigenvalue weighted by Crippen LogP contribution is 2.20. The van der Waals surface area contributed by atoms with Gasteiger partial charge in [0.05, 0.1) is 12.2 Å². The van der Waals surface area contributed by atoms with Crippen LogP contribution >= 0.6 is 0 Å². The van der Waals surface area contributed by atoms with Crippen LogP contribution in [0.25, 0.3) is 0 Å². The fraction of sp³-hybridized carbons (Fsp3) is 0.579. The van der Waals surface area contributed by atoms with Crippen LogP contribution in [0.15, 0.2) is 30.3 Å². The number of benzene rings is 1. The third-order valence-corrected chi connectivity index (χ3v) is 3.92. The molecule has 0 aliphatic heterocycles. The molecule has 0 radical (unpaired) electrons. The lowest BCUT2D eigenvalue weighted by atomic mass is 9.88. The van der Waals surface area contributed by atoms with Crippen LogP contribution in [0.4, 0.5) is 13.2 Å². The Morgan fingerprint density at radius 2 is 1.82 bits per heavy atom. The first-order valence-corrected chi connectivity index (χ1v) is 8.74. The standard InChI is InChI=1S/C17H27N3O.C2HF3O2/c1-17(2,9-6-10-18)13-20-12-16(21)15(19)11-14-7-4-3-5-8-14;3-2(4,5)1(6)7/h3-5,7-8,15-16,20-21H,6,9,11-13,19H2,1-2H3;(H,6,7)/t15-,16+;/m0./s1. The number of carboxylic acids is 1. The highest BCUT2D eigenvalue weighted by molar-refractivity contribution is 5.73. The molecular weight excluding hydrogens is 375 g/mol. The number of nitriles is 1. The van der Waals surface area contributed by atoms with Gasteiger partial charge >= 0.3 is 12.1 Å². The first-order chi connectivity index (χ1) is 12.9. The maximum atomic E-state index is 10.6. The maximum Gasteiger partial charge on any atom is 0.490 e. The fourth-order valence-electron chi connectivity index (χ4n) is 2.21. The van der Waals surface area contributed by atoms with E-state index >= 15 is 0 Å². The number of nitrogens with two attached hydrogens (primary N) is 1. The topological polar surface area (TPSA) is 119 Å². The molecule has 1 aromatic carbocycles. The molecule has 158 valence electrons. The van der Waals surface area contributed by atoms with Crippen molar-refractivity contribution in [2.45, 2.75) is 51.4 Å². The number of hydrogen-bond acceptors (Lipinski definition) is 5. The summed E-state index contributed by atoms with van der Waals surface area (Å²) in [5.74, 6) is -2.76. The highest BCUT2D eigenvalue weighted by atomic mass is 19.4. The normalized spacial score (nSPS) is 13.6. The van der Waals surface area contributed by atoms with Crippen molar-refractivity contribution in [3.05, 3.63) is 35.9 Å². The molecule has 0 fully saturated rings. The van der Waals surface area contributed by atoms with Crippen LogP contribution in [0.2, 0.25) is 0 Å². The smallest absolute Gasteiger partial charge is 0.475 e.